The fourth-order valence-electron chi connectivity index (χ4n) is 1.93. The third kappa shape index (κ3) is 2.49. The molecule has 19 heavy (non-hydrogen) atoms. The first-order valence-electron chi connectivity index (χ1n) is 5.80. The van der Waals surface area contributed by atoms with E-state index in [1.807, 2.05) is 48.5 Å². The maximum Gasteiger partial charge on any atom is 0.337 e. The van der Waals surface area contributed by atoms with E-state index in [0.29, 0.717) is 28.3 Å². The predicted octanol–water partition coefficient (Wildman–Crippen LogP) is 2.77. The fourth-order valence-corrected chi connectivity index (χ4v) is 1.93. The Morgan fingerprint density at radius 3 is 1.63 bits per heavy atom. The molecule has 0 radical (unpaired) electrons. The molecule has 0 amide bonds. The molecule has 0 unspecified atom stereocenters. The van der Waals surface area contributed by atoms with Gasteiger partial charge in [-0.1, -0.05) is 24.3 Å². The highest BCUT2D eigenvalue weighted by Gasteiger charge is 2.22. The Bertz CT molecular complexity index is 582. The van der Waals surface area contributed by atoms with Crippen LogP contribution in [0, 0.1) is 0 Å². The lowest BCUT2D eigenvalue weighted by Crippen LogP contribution is -2.08. The van der Waals surface area contributed by atoms with Crippen molar-refractivity contribution in [3.8, 4) is 11.5 Å². The normalized spacial score (nSPS) is 9.58. The van der Waals surface area contributed by atoms with Gasteiger partial charge in [0.05, 0.1) is 14.2 Å². The predicted molar refractivity (Wildman–Crippen MR) is 72.8 cm³/mol. The minimum Gasteiger partial charge on any atom is -0.496 e. The van der Waals surface area contributed by atoms with E-state index < -0.39 is 0 Å². The van der Waals surface area contributed by atoms with Crippen molar-refractivity contribution in [3.05, 3.63) is 65.2 Å². The van der Waals surface area contributed by atoms with Crippen molar-refractivity contribution >= 4 is 5.71 Å². The van der Waals surface area contributed by atoms with Crippen molar-refractivity contribution in [2.45, 2.75) is 0 Å². The number of hydrogen-bond acceptors (Lipinski definition) is 2. The number of nitrogens with zero attached hydrogens (tertiary/aromatic N) is 2. The summed E-state index contributed by atoms with van der Waals surface area (Å²) < 4.78 is 10.6. The van der Waals surface area contributed by atoms with E-state index in [9.17, 15) is 5.53 Å². The molecule has 0 atom stereocenters. The molecule has 0 N–H and O–H groups in total. The minimum atomic E-state index is 0.412. The van der Waals surface area contributed by atoms with Crippen LogP contribution in [0.4, 0.5) is 0 Å². The Balaban J connectivity index is 2.61. The van der Waals surface area contributed by atoms with Crippen molar-refractivity contribution in [1.82, 2.24) is 0 Å². The zero-order valence-corrected chi connectivity index (χ0v) is 10.8. The highest BCUT2D eigenvalue weighted by Crippen LogP contribution is 2.25. The van der Waals surface area contributed by atoms with Crippen molar-refractivity contribution < 1.29 is 14.3 Å². The first kappa shape index (κ1) is 12.9. The molecule has 2 aromatic rings. The quantitative estimate of drug-likeness (QED) is 0.478. The molecule has 0 saturated heterocycles. The summed E-state index contributed by atoms with van der Waals surface area (Å²) in [6.07, 6.45) is 0. The van der Waals surface area contributed by atoms with Gasteiger partial charge >= 0.3 is 5.71 Å². The highest BCUT2D eigenvalue weighted by molar-refractivity contribution is 6.12. The van der Waals surface area contributed by atoms with E-state index >= 15 is 0 Å². The van der Waals surface area contributed by atoms with Crippen molar-refractivity contribution in [1.29, 1.82) is 0 Å². The Kier molecular flexibility index (Phi) is 3.96. The molecule has 0 bridgehead atoms. The second kappa shape index (κ2) is 5.85. The zero-order chi connectivity index (χ0) is 13.7. The van der Waals surface area contributed by atoms with Crippen molar-refractivity contribution in [2.75, 3.05) is 14.2 Å². The Morgan fingerprint density at radius 1 is 0.842 bits per heavy atom. The van der Waals surface area contributed by atoms with Gasteiger partial charge in [-0.15, -0.1) is 0 Å². The van der Waals surface area contributed by atoms with Gasteiger partial charge in [0.15, 0.2) is 0 Å². The van der Waals surface area contributed by atoms with Crippen LogP contribution in [0.15, 0.2) is 48.5 Å². The summed E-state index contributed by atoms with van der Waals surface area (Å²) in [6, 6.07) is 14.7. The summed E-state index contributed by atoms with van der Waals surface area (Å²) in [5.41, 5.74) is 11.2. The lowest BCUT2D eigenvalue weighted by Gasteiger charge is -2.07. The molecule has 96 valence electrons. The highest BCUT2D eigenvalue weighted by atomic mass is 16.5. The largest absolute Gasteiger partial charge is 0.496 e. The fraction of sp³-hybridized carbons (Fsp3) is 0.133. The van der Waals surface area contributed by atoms with E-state index in [4.69, 9.17) is 9.47 Å². The Morgan fingerprint density at radius 2 is 1.26 bits per heavy atom. The van der Waals surface area contributed by atoms with E-state index in [0.717, 1.165) is 0 Å². The van der Waals surface area contributed by atoms with E-state index in [-0.39, 0.29) is 0 Å². The summed E-state index contributed by atoms with van der Waals surface area (Å²) in [6.45, 7) is 0. The van der Waals surface area contributed by atoms with Crippen molar-refractivity contribution in [3.63, 3.8) is 0 Å². The van der Waals surface area contributed by atoms with E-state index in [1.54, 1.807) is 14.2 Å². The van der Waals surface area contributed by atoms with Gasteiger partial charge in [-0.05, 0) is 24.3 Å². The van der Waals surface area contributed by atoms with Crippen LogP contribution < -0.4 is 9.47 Å². The molecule has 0 aromatic heterocycles. The van der Waals surface area contributed by atoms with Crippen LogP contribution in [0.25, 0.3) is 5.53 Å². The van der Waals surface area contributed by atoms with Gasteiger partial charge in [0.1, 0.15) is 22.6 Å². The number of para-hydroxylation sites is 2. The molecular weight excluding hydrogens is 240 g/mol. The molecule has 0 aliphatic rings. The average Bonchev–Trinajstić information content (AvgIpc) is 2.49. The summed E-state index contributed by atoms with van der Waals surface area (Å²) in [7, 11) is 3.16. The van der Waals surface area contributed by atoms with Gasteiger partial charge in [-0.3, -0.25) is 0 Å². The van der Waals surface area contributed by atoms with Gasteiger partial charge in [0.2, 0.25) is 0 Å². The van der Waals surface area contributed by atoms with Gasteiger partial charge in [-0.25, -0.2) is 0 Å². The third-order valence-electron chi connectivity index (χ3n) is 2.82. The van der Waals surface area contributed by atoms with Crippen LogP contribution in [0.2, 0.25) is 0 Å². The number of hydrogen-bond donors (Lipinski definition) is 0. The lowest BCUT2D eigenvalue weighted by molar-refractivity contribution is -0.00308. The Hall–Kier alpha value is -2.58. The average molecular weight is 254 g/mol. The molecule has 0 aliphatic heterocycles. The standard InChI is InChI=1S/C15H14N2O2/c1-18-13-9-5-3-7-11(13)15(17-16)12-8-4-6-10-14(12)19-2/h3-10H,1-2H3. The number of rotatable bonds is 4. The molecule has 0 fully saturated rings. The third-order valence-corrected chi connectivity index (χ3v) is 2.82. The second-order valence-corrected chi connectivity index (χ2v) is 3.85. The van der Waals surface area contributed by atoms with Crippen LogP contribution in [-0.2, 0) is 0 Å². The van der Waals surface area contributed by atoms with Gasteiger partial charge in [-0.2, -0.15) is 4.79 Å². The zero-order valence-electron chi connectivity index (χ0n) is 10.8. The molecule has 0 saturated carbocycles. The topological polar surface area (TPSA) is 54.9 Å². The molecule has 2 aromatic carbocycles. The first-order valence-corrected chi connectivity index (χ1v) is 5.80. The summed E-state index contributed by atoms with van der Waals surface area (Å²) in [4.78, 5) is 3.40. The summed E-state index contributed by atoms with van der Waals surface area (Å²) in [5, 5.41) is 0. The maximum absolute atomic E-state index is 9.35. The van der Waals surface area contributed by atoms with Crippen LogP contribution >= 0.6 is 0 Å². The van der Waals surface area contributed by atoms with Crippen LogP contribution in [0.3, 0.4) is 0 Å². The summed E-state index contributed by atoms with van der Waals surface area (Å²) in [5.74, 6) is 1.28. The summed E-state index contributed by atoms with van der Waals surface area (Å²) >= 11 is 0. The second-order valence-electron chi connectivity index (χ2n) is 3.85. The molecular formula is C15H14N2O2. The van der Waals surface area contributed by atoms with E-state index in [2.05, 4.69) is 4.79 Å². The monoisotopic (exact) mass is 254 g/mol. The minimum absolute atomic E-state index is 0.412. The van der Waals surface area contributed by atoms with Crippen molar-refractivity contribution in [2.24, 2.45) is 0 Å². The van der Waals surface area contributed by atoms with Crippen LogP contribution in [-0.4, -0.2) is 24.7 Å². The molecule has 0 spiro atoms. The number of methoxy groups -OCH3 is 2. The maximum atomic E-state index is 9.35. The molecule has 2 rings (SSSR count). The molecule has 4 heteroatoms. The number of ether oxygens (including phenoxy) is 2. The Labute approximate surface area is 111 Å². The van der Waals surface area contributed by atoms with Gasteiger partial charge in [0.25, 0.3) is 0 Å². The van der Waals surface area contributed by atoms with E-state index in [1.165, 1.54) is 0 Å². The molecule has 0 heterocycles. The molecule has 4 nitrogen and oxygen atoms in total. The SMILES string of the molecule is COc1ccccc1C(=[N+]=[N-])c1ccccc1OC. The molecule has 0 aliphatic carbocycles. The van der Waals surface area contributed by atoms with Gasteiger partial charge in [0, 0.05) is 0 Å². The van der Waals surface area contributed by atoms with Crippen LogP contribution in [0.1, 0.15) is 11.1 Å². The smallest absolute Gasteiger partial charge is 0.337 e. The first-order chi connectivity index (χ1) is 9.31. The van der Waals surface area contributed by atoms with Crippen LogP contribution in [0.5, 0.6) is 11.5 Å². The lowest BCUT2D eigenvalue weighted by atomic mass is 10.0. The van der Waals surface area contributed by atoms with Gasteiger partial charge < -0.3 is 15.0 Å². The number of benzene rings is 2.